The van der Waals surface area contributed by atoms with E-state index in [-0.39, 0.29) is 24.8 Å². The van der Waals surface area contributed by atoms with E-state index >= 15 is 0 Å². The number of carbonyl (C=O) groups is 2. The van der Waals surface area contributed by atoms with Crippen molar-refractivity contribution in [3.63, 3.8) is 0 Å². The van der Waals surface area contributed by atoms with Gasteiger partial charge in [0.1, 0.15) is 0 Å². The monoisotopic (exact) mass is 276 g/mol. The maximum Gasteiger partial charge on any atom is 0.306 e. The van der Waals surface area contributed by atoms with E-state index in [1.165, 1.54) is 0 Å². The van der Waals surface area contributed by atoms with Crippen LogP contribution in [0.5, 0.6) is 0 Å². The van der Waals surface area contributed by atoms with Gasteiger partial charge >= 0.3 is 11.9 Å². The molecule has 1 aliphatic rings. The topological polar surface area (TPSA) is 61.8 Å². The van der Waals surface area contributed by atoms with Crippen LogP contribution in [0.4, 0.5) is 0 Å². The molecule has 0 radical (unpaired) electrons. The van der Waals surface area contributed by atoms with Gasteiger partial charge in [-0.05, 0) is 13.8 Å². The molecular weight excluding hydrogens is 256 g/mol. The Morgan fingerprint density at radius 1 is 1.17 bits per heavy atom. The fourth-order valence-corrected chi connectivity index (χ4v) is 2.92. The first kappa shape index (κ1) is 15.3. The highest BCUT2D eigenvalue weighted by Crippen LogP contribution is 2.36. The molecule has 0 aromatic rings. The van der Waals surface area contributed by atoms with Crippen LogP contribution >= 0.6 is 11.8 Å². The first-order chi connectivity index (χ1) is 8.62. The normalized spacial score (nSPS) is 18.1. The van der Waals surface area contributed by atoms with Crippen LogP contribution in [-0.4, -0.2) is 43.5 Å². The van der Waals surface area contributed by atoms with Gasteiger partial charge in [0.25, 0.3) is 0 Å². The number of hydrogen-bond donors (Lipinski definition) is 0. The molecular formula is C12H20O5S. The molecule has 0 aliphatic carbocycles. The van der Waals surface area contributed by atoms with E-state index in [1.807, 2.05) is 0 Å². The first-order valence-electron chi connectivity index (χ1n) is 6.08. The molecule has 0 spiro atoms. The van der Waals surface area contributed by atoms with Crippen molar-refractivity contribution in [3.05, 3.63) is 0 Å². The third kappa shape index (κ3) is 4.86. The van der Waals surface area contributed by atoms with Gasteiger partial charge in [-0.25, -0.2) is 0 Å². The Kier molecular flexibility index (Phi) is 6.49. The molecule has 1 fully saturated rings. The van der Waals surface area contributed by atoms with E-state index in [2.05, 4.69) is 0 Å². The second-order valence-electron chi connectivity index (χ2n) is 4.28. The van der Waals surface area contributed by atoms with Gasteiger partial charge in [0, 0.05) is 11.2 Å². The van der Waals surface area contributed by atoms with Gasteiger partial charge in [-0.3, -0.25) is 9.59 Å². The van der Waals surface area contributed by atoms with Crippen molar-refractivity contribution in [1.82, 2.24) is 0 Å². The lowest BCUT2D eigenvalue weighted by molar-refractivity contribution is -0.151. The van der Waals surface area contributed by atoms with Crippen LogP contribution in [0.25, 0.3) is 0 Å². The summed E-state index contributed by atoms with van der Waals surface area (Å²) in [7, 11) is 0. The maximum atomic E-state index is 11.6. The zero-order chi connectivity index (χ0) is 13.4. The minimum atomic E-state index is -0.485. The summed E-state index contributed by atoms with van der Waals surface area (Å²) in [6.45, 7) is 4.63. The summed E-state index contributed by atoms with van der Waals surface area (Å²) in [5.74, 6) is 0.749. The van der Waals surface area contributed by atoms with Gasteiger partial charge in [-0.1, -0.05) is 0 Å². The van der Waals surface area contributed by atoms with Gasteiger partial charge in [0.15, 0.2) is 0 Å². The molecule has 0 N–H and O–H groups in total. The predicted molar refractivity (Wildman–Crippen MR) is 68.2 cm³/mol. The number of esters is 2. The quantitative estimate of drug-likeness (QED) is 0.687. The summed E-state index contributed by atoms with van der Waals surface area (Å²) in [5, 5.41) is 0. The zero-order valence-electron chi connectivity index (χ0n) is 10.9. The van der Waals surface area contributed by atoms with E-state index in [4.69, 9.17) is 14.2 Å². The van der Waals surface area contributed by atoms with Crippen molar-refractivity contribution in [3.8, 4) is 0 Å². The summed E-state index contributed by atoms with van der Waals surface area (Å²) in [5.41, 5.74) is -0.485. The number of hydrogen-bond acceptors (Lipinski definition) is 6. The van der Waals surface area contributed by atoms with E-state index in [1.54, 1.807) is 25.6 Å². The third-order valence-electron chi connectivity index (χ3n) is 2.63. The number of rotatable bonds is 6. The molecule has 0 unspecified atom stereocenters. The van der Waals surface area contributed by atoms with Crippen molar-refractivity contribution in [2.75, 3.05) is 31.5 Å². The first-order valence-corrected chi connectivity index (χ1v) is 7.24. The van der Waals surface area contributed by atoms with Gasteiger partial charge < -0.3 is 14.2 Å². The molecule has 18 heavy (non-hydrogen) atoms. The average molecular weight is 276 g/mol. The highest BCUT2D eigenvalue weighted by molar-refractivity contribution is 7.99. The molecule has 0 saturated carbocycles. The molecule has 0 amide bonds. The predicted octanol–water partition coefficient (Wildman–Crippen LogP) is 1.60. The number of ether oxygens (including phenoxy) is 3. The highest BCUT2D eigenvalue weighted by atomic mass is 32.2. The van der Waals surface area contributed by atoms with Crippen molar-refractivity contribution in [2.45, 2.75) is 26.7 Å². The second-order valence-corrected chi connectivity index (χ2v) is 5.21. The van der Waals surface area contributed by atoms with Crippen LogP contribution < -0.4 is 0 Å². The van der Waals surface area contributed by atoms with Gasteiger partial charge in [0.05, 0.1) is 38.6 Å². The maximum absolute atomic E-state index is 11.6. The lowest BCUT2D eigenvalue weighted by Crippen LogP contribution is -2.38. The van der Waals surface area contributed by atoms with Crippen LogP contribution in [0.3, 0.4) is 0 Å². The number of carbonyl (C=O) groups excluding carboxylic acids is 2. The summed E-state index contributed by atoms with van der Waals surface area (Å²) < 4.78 is 15.3. The summed E-state index contributed by atoms with van der Waals surface area (Å²) in [6, 6.07) is 0. The number of thioether (sulfide) groups is 1. The standard InChI is InChI=1S/C12H20O5S/c1-3-16-10(13)5-12(6-11(14)17-4-2)7-15-9-18-8-12/h3-9H2,1-2H3. The van der Waals surface area contributed by atoms with Crippen molar-refractivity contribution >= 4 is 23.7 Å². The van der Waals surface area contributed by atoms with Crippen molar-refractivity contribution in [2.24, 2.45) is 5.41 Å². The SMILES string of the molecule is CCOC(=O)CC1(CC(=O)OCC)COCSC1. The molecule has 0 aromatic carbocycles. The Bertz CT molecular complexity index is 264. The van der Waals surface area contributed by atoms with E-state index in [0.717, 1.165) is 0 Å². The fourth-order valence-electron chi connectivity index (χ4n) is 1.92. The van der Waals surface area contributed by atoms with Crippen LogP contribution in [0.15, 0.2) is 0 Å². The van der Waals surface area contributed by atoms with Gasteiger partial charge in [0.2, 0.25) is 0 Å². The molecule has 6 heteroatoms. The highest BCUT2D eigenvalue weighted by Gasteiger charge is 2.38. The van der Waals surface area contributed by atoms with Gasteiger partial charge in [-0.2, -0.15) is 0 Å². The Balaban J connectivity index is 2.62. The van der Waals surface area contributed by atoms with Crippen molar-refractivity contribution in [1.29, 1.82) is 0 Å². The molecule has 5 nitrogen and oxygen atoms in total. The van der Waals surface area contributed by atoms with E-state index < -0.39 is 5.41 Å². The molecule has 1 aliphatic heterocycles. The lowest BCUT2D eigenvalue weighted by atomic mass is 9.83. The largest absolute Gasteiger partial charge is 0.466 e. The summed E-state index contributed by atoms with van der Waals surface area (Å²) in [4.78, 5) is 23.2. The Morgan fingerprint density at radius 2 is 1.72 bits per heavy atom. The fraction of sp³-hybridized carbons (Fsp3) is 0.833. The van der Waals surface area contributed by atoms with Gasteiger partial charge in [-0.15, -0.1) is 11.8 Å². The molecule has 1 saturated heterocycles. The van der Waals surface area contributed by atoms with E-state index in [0.29, 0.717) is 31.5 Å². The van der Waals surface area contributed by atoms with Crippen LogP contribution in [0.1, 0.15) is 26.7 Å². The minimum absolute atomic E-state index is 0.201. The second kappa shape index (κ2) is 7.63. The Labute approximate surface area is 112 Å². The Hall–Kier alpha value is -0.750. The minimum Gasteiger partial charge on any atom is -0.466 e. The third-order valence-corrected chi connectivity index (χ3v) is 3.78. The average Bonchev–Trinajstić information content (AvgIpc) is 2.30. The molecule has 0 bridgehead atoms. The summed E-state index contributed by atoms with van der Waals surface area (Å²) in [6.07, 6.45) is 0.402. The summed E-state index contributed by atoms with van der Waals surface area (Å²) >= 11 is 1.58. The van der Waals surface area contributed by atoms with Crippen LogP contribution in [-0.2, 0) is 23.8 Å². The lowest BCUT2D eigenvalue weighted by Gasteiger charge is -2.34. The smallest absolute Gasteiger partial charge is 0.306 e. The van der Waals surface area contributed by atoms with E-state index in [9.17, 15) is 9.59 Å². The van der Waals surface area contributed by atoms with Crippen LogP contribution in [0.2, 0.25) is 0 Å². The molecule has 1 heterocycles. The van der Waals surface area contributed by atoms with Crippen LogP contribution in [0, 0.1) is 5.41 Å². The molecule has 0 atom stereocenters. The molecule has 104 valence electrons. The Morgan fingerprint density at radius 3 is 2.11 bits per heavy atom. The zero-order valence-corrected chi connectivity index (χ0v) is 11.7. The molecule has 0 aromatic heterocycles. The molecule has 1 rings (SSSR count). The van der Waals surface area contributed by atoms with Crippen molar-refractivity contribution < 1.29 is 23.8 Å².